The molecule has 2 aromatic heterocycles. The normalized spacial score (nSPS) is 12.8. The van der Waals surface area contributed by atoms with Crippen LogP contribution in [0, 0.1) is 6.92 Å². The molecular formula is C13H20N4O3S2. The Bertz CT molecular complexity index is 837. The van der Waals surface area contributed by atoms with Crippen molar-refractivity contribution in [2.75, 3.05) is 6.26 Å². The number of nitrogens with zero attached hydrogens (tertiary/aromatic N) is 4. The van der Waals surface area contributed by atoms with Crippen LogP contribution in [0.1, 0.15) is 37.3 Å². The van der Waals surface area contributed by atoms with Crippen molar-refractivity contribution in [3.8, 4) is 0 Å². The van der Waals surface area contributed by atoms with E-state index in [1.807, 2.05) is 20.8 Å². The van der Waals surface area contributed by atoms with Crippen LogP contribution in [-0.4, -0.2) is 34.0 Å². The summed E-state index contributed by atoms with van der Waals surface area (Å²) in [6, 6.07) is 0. The third-order valence-electron chi connectivity index (χ3n) is 2.99. The maximum Gasteiger partial charge on any atom is 0.346 e. The molecule has 0 saturated heterocycles. The van der Waals surface area contributed by atoms with E-state index in [9.17, 15) is 13.2 Å². The van der Waals surface area contributed by atoms with E-state index < -0.39 is 15.4 Å². The lowest BCUT2D eigenvalue weighted by Gasteiger charge is -2.16. The second kappa shape index (κ2) is 5.62. The molecule has 0 radical (unpaired) electrons. The zero-order valence-corrected chi connectivity index (χ0v) is 15.0. The van der Waals surface area contributed by atoms with Gasteiger partial charge in [0, 0.05) is 11.6 Å². The molecular weight excluding hydrogens is 324 g/mol. The number of thiazole rings is 1. The Morgan fingerprint density at radius 2 is 1.95 bits per heavy atom. The Labute approximate surface area is 133 Å². The molecule has 0 unspecified atom stereocenters. The highest BCUT2D eigenvalue weighted by Gasteiger charge is 2.21. The van der Waals surface area contributed by atoms with Crippen molar-refractivity contribution < 1.29 is 8.42 Å². The van der Waals surface area contributed by atoms with Gasteiger partial charge < -0.3 is 0 Å². The van der Waals surface area contributed by atoms with Crippen LogP contribution in [0.3, 0.4) is 0 Å². The van der Waals surface area contributed by atoms with Crippen LogP contribution in [0.4, 0.5) is 0 Å². The fourth-order valence-electron chi connectivity index (χ4n) is 1.99. The third-order valence-corrected chi connectivity index (χ3v) is 4.87. The first-order valence-electron chi connectivity index (χ1n) is 6.75. The van der Waals surface area contributed by atoms with Gasteiger partial charge in [-0.15, -0.1) is 11.3 Å². The fraction of sp³-hybridized carbons (Fsp3) is 0.615. The molecule has 9 heteroatoms. The zero-order chi connectivity index (χ0) is 16.7. The molecule has 0 aliphatic heterocycles. The minimum absolute atomic E-state index is 0.0766. The van der Waals surface area contributed by atoms with Crippen LogP contribution < -0.4 is 5.69 Å². The van der Waals surface area contributed by atoms with Gasteiger partial charge in [-0.25, -0.2) is 22.9 Å². The summed E-state index contributed by atoms with van der Waals surface area (Å²) in [7, 11) is -3.11. The summed E-state index contributed by atoms with van der Waals surface area (Å²) in [6.07, 6.45) is 1.18. The molecule has 0 fully saturated rings. The van der Waals surface area contributed by atoms with Crippen molar-refractivity contribution in [3.05, 3.63) is 32.4 Å². The molecule has 22 heavy (non-hydrogen) atoms. The van der Waals surface area contributed by atoms with Crippen molar-refractivity contribution >= 4 is 21.2 Å². The first-order valence-corrected chi connectivity index (χ1v) is 9.69. The number of aromatic nitrogens is 4. The second-order valence-corrected chi connectivity index (χ2v) is 9.38. The number of hydrogen-bond donors (Lipinski definition) is 0. The Kier molecular flexibility index (Phi) is 4.31. The van der Waals surface area contributed by atoms with Gasteiger partial charge in [-0.2, -0.15) is 5.10 Å². The van der Waals surface area contributed by atoms with Crippen LogP contribution in [0.5, 0.6) is 0 Å². The molecule has 122 valence electrons. The van der Waals surface area contributed by atoms with Gasteiger partial charge in [-0.3, -0.25) is 4.57 Å². The highest BCUT2D eigenvalue weighted by molar-refractivity contribution is 7.90. The molecule has 0 spiro atoms. The van der Waals surface area contributed by atoms with Crippen molar-refractivity contribution in [1.29, 1.82) is 0 Å². The van der Waals surface area contributed by atoms with Gasteiger partial charge >= 0.3 is 5.69 Å². The maximum atomic E-state index is 12.4. The molecule has 0 aromatic carbocycles. The van der Waals surface area contributed by atoms with Crippen molar-refractivity contribution in [2.24, 2.45) is 0 Å². The molecule has 2 rings (SSSR count). The van der Waals surface area contributed by atoms with E-state index >= 15 is 0 Å². The zero-order valence-electron chi connectivity index (χ0n) is 13.3. The summed E-state index contributed by atoms with van der Waals surface area (Å²) in [5.41, 5.74) is 0.0846. The van der Waals surface area contributed by atoms with E-state index in [-0.39, 0.29) is 11.4 Å². The Morgan fingerprint density at radius 1 is 1.32 bits per heavy atom. The van der Waals surface area contributed by atoms with Crippen molar-refractivity contribution in [1.82, 2.24) is 19.3 Å². The molecule has 0 N–H and O–H groups in total. The molecule has 2 aromatic rings. The van der Waals surface area contributed by atoms with Gasteiger partial charge in [0.25, 0.3) is 0 Å². The summed E-state index contributed by atoms with van der Waals surface area (Å²) in [6.45, 7) is 7.81. The lowest BCUT2D eigenvalue weighted by Crippen LogP contribution is -2.36. The summed E-state index contributed by atoms with van der Waals surface area (Å²) < 4.78 is 25.6. The number of rotatable bonds is 4. The quantitative estimate of drug-likeness (QED) is 0.830. The average molecular weight is 344 g/mol. The second-order valence-electron chi connectivity index (χ2n) is 6.30. The molecule has 2 heterocycles. The minimum Gasteiger partial charge on any atom is -0.273 e. The topological polar surface area (TPSA) is 86.9 Å². The van der Waals surface area contributed by atoms with E-state index in [0.29, 0.717) is 23.1 Å². The lowest BCUT2D eigenvalue weighted by atomic mass is 10.1. The molecule has 0 saturated carbocycles. The number of aryl methyl sites for hydroxylation is 1. The molecule has 0 bridgehead atoms. The monoisotopic (exact) mass is 344 g/mol. The van der Waals surface area contributed by atoms with Gasteiger partial charge in [0.05, 0.1) is 17.8 Å². The third kappa shape index (κ3) is 3.83. The van der Waals surface area contributed by atoms with Gasteiger partial charge in [0.1, 0.15) is 16.6 Å². The standard InChI is InChI=1S/C13H20N4O3S2/c1-9-15-17(13(2,3)4)12(18)16(9)6-10-7-21-11(14-10)8-22(5,19)20/h7H,6,8H2,1-5H3. The maximum absolute atomic E-state index is 12.4. The van der Waals surface area contributed by atoms with E-state index in [1.165, 1.54) is 22.3 Å². The predicted octanol–water partition coefficient (Wildman–Crippen LogP) is 1.16. The summed E-state index contributed by atoms with van der Waals surface area (Å²) in [4.78, 5) is 16.7. The Balaban J connectivity index is 2.29. The highest BCUT2D eigenvalue weighted by Crippen LogP contribution is 2.14. The van der Waals surface area contributed by atoms with Crippen LogP contribution in [-0.2, 0) is 27.7 Å². The van der Waals surface area contributed by atoms with E-state index in [1.54, 1.807) is 16.9 Å². The SMILES string of the molecule is Cc1nn(C(C)(C)C)c(=O)n1Cc1csc(CS(C)(=O)=O)n1. The predicted molar refractivity (Wildman–Crippen MR) is 86.0 cm³/mol. The van der Waals surface area contributed by atoms with Gasteiger partial charge in [0.2, 0.25) is 0 Å². The van der Waals surface area contributed by atoms with Gasteiger partial charge in [-0.05, 0) is 27.7 Å². The van der Waals surface area contributed by atoms with Gasteiger partial charge in [-0.1, -0.05) is 0 Å². The summed E-state index contributed by atoms with van der Waals surface area (Å²) in [5, 5.41) is 6.60. The Morgan fingerprint density at radius 3 is 2.45 bits per heavy atom. The van der Waals surface area contributed by atoms with E-state index in [2.05, 4.69) is 10.1 Å². The molecule has 0 atom stereocenters. The molecule has 0 aliphatic carbocycles. The first kappa shape index (κ1) is 16.9. The smallest absolute Gasteiger partial charge is 0.273 e. The Hall–Kier alpha value is -1.48. The number of sulfone groups is 1. The van der Waals surface area contributed by atoms with Crippen LogP contribution in [0.15, 0.2) is 10.2 Å². The fourth-order valence-corrected chi connectivity index (χ4v) is 3.98. The summed E-state index contributed by atoms with van der Waals surface area (Å²) in [5.74, 6) is 0.532. The van der Waals surface area contributed by atoms with E-state index in [0.717, 1.165) is 0 Å². The molecule has 0 aliphatic rings. The number of hydrogen-bond acceptors (Lipinski definition) is 6. The highest BCUT2D eigenvalue weighted by atomic mass is 32.2. The lowest BCUT2D eigenvalue weighted by molar-refractivity contribution is 0.340. The minimum atomic E-state index is -3.11. The van der Waals surface area contributed by atoms with Gasteiger partial charge in [0.15, 0.2) is 9.84 Å². The first-order chi connectivity index (χ1) is 9.97. The average Bonchev–Trinajstić information content (AvgIpc) is 2.86. The van der Waals surface area contributed by atoms with Crippen LogP contribution in [0.2, 0.25) is 0 Å². The summed E-state index contributed by atoms with van der Waals surface area (Å²) >= 11 is 1.29. The van der Waals surface area contributed by atoms with Crippen molar-refractivity contribution in [2.45, 2.75) is 45.5 Å². The molecule has 7 nitrogen and oxygen atoms in total. The largest absolute Gasteiger partial charge is 0.346 e. The van der Waals surface area contributed by atoms with E-state index in [4.69, 9.17) is 0 Å². The van der Waals surface area contributed by atoms with Crippen LogP contribution in [0.25, 0.3) is 0 Å². The van der Waals surface area contributed by atoms with Crippen molar-refractivity contribution in [3.63, 3.8) is 0 Å². The van der Waals surface area contributed by atoms with Crippen LogP contribution >= 0.6 is 11.3 Å². The molecule has 0 amide bonds.